The predicted octanol–water partition coefficient (Wildman–Crippen LogP) is 5.82. The average molecular weight is 596 g/mol. The SMILES string of the molecule is Cc1cc(-c2cnc(OCC(=O)OC(C)(C)C)c(CC(=O)[C@H](Cc3ccccc3)NC(=O)OCc3ccccc3)c2)ccn1. The Bertz CT molecular complexity index is 1570. The van der Waals surface area contributed by atoms with Crippen molar-refractivity contribution in [1.82, 2.24) is 15.3 Å². The van der Waals surface area contributed by atoms with Crippen LogP contribution < -0.4 is 10.1 Å². The molecule has 0 radical (unpaired) electrons. The summed E-state index contributed by atoms with van der Waals surface area (Å²) < 4.78 is 16.5. The zero-order valence-electron chi connectivity index (χ0n) is 25.4. The summed E-state index contributed by atoms with van der Waals surface area (Å²) in [4.78, 5) is 47.8. The number of aromatic nitrogens is 2. The summed E-state index contributed by atoms with van der Waals surface area (Å²) in [5, 5.41) is 2.75. The van der Waals surface area contributed by atoms with Crippen LogP contribution >= 0.6 is 0 Å². The molecule has 1 atom stereocenters. The van der Waals surface area contributed by atoms with Crippen LogP contribution in [0.4, 0.5) is 4.79 Å². The first-order valence-electron chi connectivity index (χ1n) is 14.4. The second-order valence-corrected chi connectivity index (χ2v) is 11.3. The zero-order chi connectivity index (χ0) is 31.5. The molecule has 0 aliphatic heterocycles. The van der Waals surface area contributed by atoms with Gasteiger partial charge >= 0.3 is 12.1 Å². The number of benzene rings is 2. The van der Waals surface area contributed by atoms with Gasteiger partial charge in [0, 0.05) is 35.6 Å². The second-order valence-electron chi connectivity index (χ2n) is 11.3. The van der Waals surface area contributed by atoms with E-state index in [-0.39, 0.29) is 37.7 Å². The topological polar surface area (TPSA) is 117 Å². The van der Waals surface area contributed by atoms with Gasteiger partial charge in [-0.25, -0.2) is 14.6 Å². The standard InChI is InChI=1S/C35H37N3O6/c1-24-17-27(15-16-36-24)29-19-28(33(37-21-29)42-23-32(40)44-35(2,3)4)20-31(39)30(18-25-11-7-5-8-12-25)38-34(41)43-22-26-13-9-6-10-14-26/h5-17,19,21,30H,18,20,22-23H2,1-4H3,(H,38,41)/t30-/m0/s1. The molecule has 2 heterocycles. The first-order valence-corrected chi connectivity index (χ1v) is 14.4. The summed E-state index contributed by atoms with van der Waals surface area (Å²) in [7, 11) is 0. The quantitative estimate of drug-likeness (QED) is 0.204. The van der Waals surface area contributed by atoms with Crippen LogP contribution in [-0.4, -0.2) is 46.1 Å². The third-order valence-electron chi connectivity index (χ3n) is 6.44. The molecular weight excluding hydrogens is 558 g/mol. The van der Waals surface area contributed by atoms with Crippen LogP contribution in [0.25, 0.3) is 11.1 Å². The predicted molar refractivity (Wildman–Crippen MR) is 166 cm³/mol. The Labute approximate surface area is 257 Å². The molecule has 228 valence electrons. The van der Waals surface area contributed by atoms with E-state index in [9.17, 15) is 14.4 Å². The minimum atomic E-state index is -0.897. The number of amides is 1. The summed E-state index contributed by atoms with van der Waals surface area (Å²) >= 11 is 0. The Kier molecular flexibility index (Phi) is 10.8. The minimum absolute atomic E-state index is 0.0683. The summed E-state index contributed by atoms with van der Waals surface area (Å²) in [6.07, 6.45) is 2.75. The highest BCUT2D eigenvalue weighted by Gasteiger charge is 2.25. The number of nitrogens with zero attached hydrogens (tertiary/aromatic N) is 2. The Hall–Kier alpha value is -5.05. The number of pyridine rings is 2. The van der Waals surface area contributed by atoms with E-state index in [1.165, 1.54) is 0 Å². The molecule has 2 aromatic heterocycles. The van der Waals surface area contributed by atoms with Gasteiger partial charge in [-0.2, -0.15) is 0 Å². The fourth-order valence-corrected chi connectivity index (χ4v) is 4.45. The highest BCUT2D eigenvalue weighted by molar-refractivity contribution is 5.90. The minimum Gasteiger partial charge on any atom is -0.465 e. The first kappa shape index (κ1) is 31.9. The van der Waals surface area contributed by atoms with Gasteiger partial charge in [0.2, 0.25) is 5.88 Å². The van der Waals surface area contributed by atoms with Gasteiger partial charge in [-0.15, -0.1) is 0 Å². The number of ether oxygens (including phenoxy) is 3. The van der Waals surface area contributed by atoms with Crippen LogP contribution in [0.1, 0.15) is 43.2 Å². The number of carbonyl (C=O) groups excluding carboxylic acids is 3. The molecule has 9 nitrogen and oxygen atoms in total. The Balaban J connectivity index is 1.57. The first-order chi connectivity index (χ1) is 21.1. The maximum Gasteiger partial charge on any atom is 0.408 e. The number of nitrogens with one attached hydrogen (secondary N) is 1. The maximum absolute atomic E-state index is 13.9. The Morgan fingerprint density at radius 1 is 0.864 bits per heavy atom. The maximum atomic E-state index is 13.9. The fourth-order valence-electron chi connectivity index (χ4n) is 4.45. The molecule has 0 saturated heterocycles. The molecule has 0 aliphatic rings. The van der Waals surface area contributed by atoms with E-state index < -0.39 is 23.7 Å². The monoisotopic (exact) mass is 595 g/mol. The molecule has 2 aromatic carbocycles. The summed E-state index contributed by atoms with van der Waals surface area (Å²) in [6, 6.07) is 23.4. The van der Waals surface area contributed by atoms with E-state index in [0.717, 1.165) is 27.9 Å². The Morgan fingerprint density at radius 3 is 2.20 bits per heavy atom. The van der Waals surface area contributed by atoms with Crippen molar-refractivity contribution < 1.29 is 28.6 Å². The molecule has 1 N–H and O–H groups in total. The van der Waals surface area contributed by atoms with Crippen molar-refractivity contribution >= 4 is 17.8 Å². The zero-order valence-corrected chi connectivity index (χ0v) is 25.4. The normalized spacial score (nSPS) is 11.7. The molecule has 0 bridgehead atoms. The molecule has 9 heteroatoms. The van der Waals surface area contributed by atoms with Gasteiger partial charge in [-0.05, 0) is 69.0 Å². The van der Waals surface area contributed by atoms with E-state index in [1.54, 1.807) is 39.2 Å². The molecule has 0 unspecified atom stereocenters. The van der Waals surface area contributed by atoms with Crippen molar-refractivity contribution in [3.63, 3.8) is 0 Å². The van der Waals surface area contributed by atoms with Gasteiger partial charge in [0.25, 0.3) is 0 Å². The van der Waals surface area contributed by atoms with Crippen molar-refractivity contribution in [2.45, 2.75) is 58.8 Å². The molecule has 0 saturated carbocycles. The smallest absolute Gasteiger partial charge is 0.408 e. The molecule has 0 spiro atoms. The third-order valence-corrected chi connectivity index (χ3v) is 6.44. The van der Waals surface area contributed by atoms with Crippen molar-refractivity contribution in [2.75, 3.05) is 6.61 Å². The van der Waals surface area contributed by atoms with E-state index in [1.807, 2.05) is 79.7 Å². The van der Waals surface area contributed by atoms with Crippen LogP contribution in [-0.2, 0) is 38.5 Å². The molecular formula is C35H37N3O6. The number of hydrogen-bond donors (Lipinski definition) is 1. The largest absolute Gasteiger partial charge is 0.465 e. The molecule has 0 fully saturated rings. The number of esters is 1. The summed E-state index contributed by atoms with van der Waals surface area (Å²) in [5.41, 5.74) is 3.92. The van der Waals surface area contributed by atoms with Crippen LogP contribution in [0.5, 0.6) is 5.88 Å². The van der Waals surface area contributed by atoms with Crippen molar-refractivity contribution in [3.05, 3.63) is 114 Å². The molecule has 1 amide bonds. The summed E-state index contributed by atoms with van der Waals surface area (Å²) in [6.45, 7) is 6.88. The molecule has 44 heavy (non-hydrogen) atoms. The molecule has 4 rings (SSSR count). The lowest BCUT2D eigenvalue weighted by Gasteiger charge is -2.20. The van der Waals surface area contributed by atoms with Crippen LogP contribution in [0, 0.1) is 6.92 Å². The van der Waals surface area contributed by atoms with Gasteiger partial charge < -0.3 is 19.5 Å². The van der Waals surface area contributed by atoms with E-state index in [0.29, 0.717) is 5.56 Å². The number of alkyl carbamates (subject to hydrolysis) is 1. The van der Waals surface area contributed by atoms with Crippen molar-refractivity contribution in [2.24, 2.45) is 0 Å². The van der Waals surface area contributed by atoms with Crippen molar-refractivity contribution in [3.8, 4) is 17.0 Å². The average Bonchev–Trinajstić information content (AvgIpc) is 2.99. The van der Waals surface area contributed by atoms with Crippen LogP contribution in [0.2, 0.25) is 0 Å². The van der Waals surface area contributed by atoms with E-state index >= 15 is 0 Å². The summed E-state index contributed by atoms with van der Waals surface area (Å²) in [5.74, 6) is -0.712. The van der Waals surface area contributed by atoms with Gasteiger partial charge in [-0.1, -0.05) is 60.7 Å². The van der Waals surface area contributed by atoms with Crippen LogP contribution in [0.3, 0.4) is 0 Å². The van der Waals surface area contributed by atoms with Gasteiger partial charge in [-0.3, -0.25) is 9.78 Å². The fraction of sp³-hybridized carbons (Fsp3) is 0.286. The van der Waals surface area contributed by atoms with Gasteiger partial charge in [0.1, 0.15) is 12.2 Å². The lowest BCUT2D eigenvalue weighted by molar-refractivity contribution is -0.157. The molecule has 0 aliphatic carbocycles. The van der Waals surface area contributed by atoms with Gasteiger partial charge in [0.05, 0.1) is 6.04 Å². The van der Waals surface area contributed by atoms with E-state index in [4.69, 9.17) is 14.2 Å². The number of hydrogen-bond acceptors (Lipinski definition) is 8. The highest BCUT2D eigenvalue weighted by atomic mass is 16.6. The molecule has 4 aromatic rings. The number of ketones is 1. The second kappa shape index (κ2) is 14.9. The van der Waals surface area contributed by atoms with Crippen molar-refractivity contribution in [1.29, 1.82) is 0 Å². The lowest BCUT2D eigenvalue weighted by atomic mass is 9.97. The highest BCUT2D eigenvalue weighted by Crippen LogP contribution is 2.26. The lowest BCUT2D eigenvalue weighted by Crippen LogP contribution is -2.43. The Morgan fingerprint density at radius 2 is 1.55 bits per heavy atom. The number of aryl methyl sites for hydroxylation is 1. The van der Waals surface area contributed by atoms with E-state index in [2.05, 4.69) is 15.3 Å². The van der Waals surface area contributed by atoms with Gasteiger partial charge in [0.15, 0.2) is 12.4 Å². The number of rotatable bonds is 12. The van der Waals surface area contributed by atoms with Crippen LogP contribution in [0.15, 0.2) is 91.3 Å². The number of Topliss-reactive ketones (excluding diaryl/α,β-unsaturated/α-hetero) is 1. The number of carbonyl (C=O) groups is 3. The third kappa shape index (κ3) is 10.0.